The highest BCUT2D eigenvalue weighted by atomic mass is 32.2. The van der Waals surface area contributed by atoms with Crippen molar-refractivity contribution in [3.05, 3.63) is 0 Å². The second-order valence-electron chi connectivity index (χ2n) is 4.39. The highest BCUT2D eigenvalue weighted by molar-refractivity contribution is 7.99. The Hall–Kier alpha value is -0.180. The Balaban J connectivity index is 1.82. The molecule has 2 nitrogen and oxygen atoms in total. The monoisotopic (exact) mass is 244 g/mol. The van der Waals surface area contributed by atoms with Gasteiger partial charge in [-0.1, -0.05) is 19.3 Å². The van der Waals surface area contributed by atoms with Crippen molar-refractivity contribution in [2.45, 2.75) is 63.5 Å². The van der Waals surface area contributed by atoms with Crippen molar-refractivity contribution >= 4 is 17.7 Å². The van der Waals surface area contributed by atoms with Crippen LogP contribution in [0.4, 0.5) is 0 Å². The fourth-order valence-electron chi connectivity index (χ4n) is 2.09. The molecule has 1 aliphatic rings. The Morgan fingerprint density at radius 2 is 2.00 bits per heavy atom. The van der Waals surface area contributed by atoms with E-state index in [0.29, 0.717) is 13.0 Å². The summed E-state index contributed by atoms with van der Waals surface area (Å²) in [5.74, 6) is 1.24. The molecular formula is C13H24O2S. The zero-order valence-corrected chi connectivity index (χ0v) is 11.2. The molecule has 0 radical (unpaired) electrons. The molecule has 0 aliphatic heterocycles. The van der Waals surface area contributed by atoms with Gasteiger partial charge in [0.15, 0.2) is 0 Å². The van der Waals surface area contributed by atoms with Crippen LogP contribution in [-0.2, 0) is 9.53 Å². The Kier molecular flexibility index (Phi) is 7.73. The van der Waals surface area contributed by atoms with Crippen molar-refractivity contribution in [1.29, 1.82) is 0 Å². The maximum Gasteiger partial charge on any atom is 0.305 e. The molecule has 0 spiro atoms. The summed E-state index contributed by atoms with van der Waals surface area (Å²) >= 11 is 2.14. The van der Waals surface area contributed by atoms with Gasteiger partial charge in [-0.25, -0.2) is 0 Å². The molecule has 0 saturated heterocycles. The second kappa shape index (κ2) is 8.91. The predicted molar refractivity (Wildman–Crippen MR) is 69.8 cm³/mol. The highest BCUT2D eigenvalue weighted by Gasteiger charge is 2.14. The largest absolute Gasteiger partial charge is 0.466 e. The van der Waals surface area contributed by atoms with Crippen LogP contribution < -0.4 is 0 Å². The number of carbonyl (C=O) groups is 1. The Morgan fingerprint density at radius 1 is 1.25 bits per heavy atom. The summed E-state index contributed by atoms with van der Waals surface area (Å²) in [5.41, 5.74) is 0. The average Bonchev–Trinajstić information content (AvgIpc) is 2.76. The zero-order valence-electron chi connectivity index (χ0n) is 10.4. The third-order valence-electron chi connectivity index (χ3n) is 2.99. The lowest BCUT2D eigenvalue weighted by atomic mass is 10.2. The van der Waals surface area contributed by atoms with E-state index in [2.05, 4.69) is 11.8 Å². The highest BCUT2D eigenvalue weighted by Crippen LogP contribution is 2.29. The molecular weight excluding hydrogens is 220 g/mol. The SMILES string of the molecule is CCOC(=O)CCCCCSC1CCCC1. The molecule has 0 atom stereocenters. The van der Waals surface area contributed by atoms with Gasteiger partial charge in [0, 0.05) is 11.7 Å². The van der Waals surface area contributed by atoms with E-state index in [4.69, 9.17) is 4.74 Å². The number of thioether (sulfide) groups is 1. The van der Waals surface area contributed by atoms with Crippen LogP contribution in [-0.4, -0.2) is 23.6 Å². The van der Waals surface area contributed by atoms with E-state index in [1.807, 2.05) is 6.92 Å². The average molecular weight is 244 g/mol. The lowest BCUT2D eigenvalue weighted by Crippen LogP contribution is -2.03. The van der Waals surface area contributed by atoms with Crippen molar-refractivity contribution in [1.82, 2.24) is 0 Å². The van der Waals surface area contributed by atoms with Crippen LogP contribution in [0.25, 0.3) is 0 Å². The number of unbranched alkanes of at least 4 members (excludes halogenated alkanes) is 2. The van der Waals surface area contributed by atoms with Crippen LogP contribution in [0, 0.1) is 0 Å². The van der Waals surface area contributed by atoms with Crippen LogP contribution in [0.15, 0.2) is 0 Å². The summed E-state index contributed by atoms with van der Waals surface area (Å²) in [5, 5.41) is 0.935. The van der Waals surface area contributed by atoms with Gasteiger partial charge >= 0.3 is 5.97 Å². The zero-order chi connectivity index (χ0) is 11.6. The summed E-state index contributed by atoms with van der Waals surface area (Å²) in [6, 6.07) is 0. The van der Waals surface area contributed by atoms with Gasteiger partial charge in [-0.2, -0.15) is 11.8 Å². The number of ether oxygens (including phenoxy) is 1. The first-order valence-corrected chi connectivity index (χ1v) is 7.65. The first kappa shape index (κ1) is 13.9. The van der Waals surface area contributed by atoms with E-state index in [9.17, 15) is 4.79 Å². The van der Waals surface area contributed by atoms with Crippen LogP contribution in [0.5, 0.6) is 0 Å². The standard InChI is InChI=1S/C13H24O2S/c1-2-15-13(14)10-4-3-7-11-16-12-8-5-6-9-12/h12H,2-11H2,1H3. The molecule has 0 N–H and O–H groups in total. The van der Waals surface area contributed by atoms with E-state index < -0.39 is 0 Å². The third-order valence-corrected chi connectivity index (χ3v) is 4.45. The van der Waals surface area contributed by atoms with Gasteiger partial charge in [-0.3, -0.25) is 4.79 Å². The first-order chi connectivity index (χ1) is 7.83. The van der Waals surface area contributed by atoms with Gasteiger partial charge in [0.25, 0.3) is 0 Å². The molecule has 1 fully saturated rings. The molecule has 1 rings (SSSR count). The van der Waals surface area contributed by atoms with Gasteiger partial charge in [0.05, 0.1) is 6.61 Å². The number of hydrogen-bond acceptors (Lipinski definition) is 3. The molecule has 0 aromatic heterocycles. The Bertz CT molecular complexity index is 188. The molecule has 0 aromatic rings. The van der Waals surface area contributed by atoms with Crippen molar-refractivity contribution in [3.8, 4) is 0 Å². The number of rotatable bonds is 8. The van der Waals surface area contributed by atoms with Crippen molar-refractivity contribution < 1.29 is 9.53 Å². The van der Waals surface area contributed by atoms with Gasteiger partial charge < -0.3 is 4.74 Å². The summed E-state index contributed by atoms with van der Waals surface area (Å²) in [7, 11) is 0. The third kappa shape index (κ3) is 6.41. The van der Waals surface area contributed by atoms with Gasteiger partial charge in [-0.05, 0) is 38.4 Å². The lowest BCUT2D eigenvalue weighted by Gasteiger charge is -2.07. The number of esters is 1. The lowest BCUT2D eigenvalue weighted by molar-refractivity contribution is -0.143. The van der Waals surface area contributed by atoms with E-state index in [1.165, 1.54) is 44.3 Å². The molecule has 16 heavy (non-hydrogen) atoms. The summed E-state index contributed by atoms with van der Waals surface area (Å²) in [6.45, 7) is 2.37. The van der Waals surface area contributed by atoms with E-state index in [-0.39, 0.29) is 5.97 Å². The quantitative estimate of drug-likeness (QED) is 0.480. The van der Waals surface area contributed by atoms with Crippen LogP contribution in [0.3, 0.4) is 0 Å². The van der Waals surface area contributed by atoms with Gasteiger partial charge in [0.1, 0.15) is 0 Å². The van der Waals surface area contributed by atoms with Crippen molar-refractivity contribution in [3.63, 3.8) is 0 Å². The molecule has 94 valence electrons. The van der Waals surface area contributed by atoms with Crippen LogP contribution in [0.2, 0.25) is 0 Å². The molecule has 0 aromatic carbocycles. The molecule has 1 aliphatic carbocycles. The molecule has 0 heterocycles. The molecule has 1 saturated carbocycles. The van der Waals surface area contributed by atoms with E-state index in [0.717, 1.165) is 11.7 Å². The Morgan fingerprint density at radius 3 is 2.69 bits per heavy atom. The molecule has 0 bridgehead atoms. The van der Waals surface area contributed by atoms with Crippen molar-refractivity contribution in [2.75, 3.05) is 12.4 Å². The van der Waals surface area contributed by atoms with Gasteiger partial charge in [-0.15, -0.1) is 0 Å². The predicted octanol–water partition coefficient (Wildman–Crippen LogP) is 3.79. The summed E-state index contributed by atoms with van der Waals surface area (Å²) in [4.78, 5) is 11.1. The summed E-state index contributed by atoms with van der Waals surface area (Å²) in [6.07, 6.45) is 9.72. The number of hydrogen-bond donors (Lipinski definition) is 0. The first-order valence-electron chi connectivity index (χ1n) is 6.60. The molecule has 0 amide bonds. The van der Waals surface area contributed by atoms with Gasteiger partial charge in [0.2, 0.25) is 0 Å². The number of carbonyl (C=O) groups excluding carboxylic acids is 1. The maximum absolute atomic E-state index is 11.1. The van der Waals surface area contributed by atoms with Crippen molar-refractivity contribution in [2.24, 2.45) is 0 Å². The topological polar surface area (TPSA) is 26.3 Å². The minimum Gasteiger partial charge on any atom is -0.466 e. The van der Waals surface area contributed by atoms with E-state index in [1.54, 1.807) is 0 Å². The minimum absolute atomic E-state index is 0.0362. The van der Waals surface area contributed by atoms with E-state index >= 15 is 0 Å². The fraction of sp³-hybridized carbons (Fsp3) is 0.923. The van der Waals surface area contributed by atoms with Crippen LogP contribution >= 0.6 is 11.8 Å². The maximum atomic E-state index is 11.1. The fourth-order valence-corrected chi connectivity index (χ4v) is 3.46. The minimum atomic E-state index is -0.0362. The smallest absolute Gasteiger partial charge is 0.305 e. The summed E-state index contributed by atoms with van der Waals surface area (Å²) < 4.78 is 4.89. The normalized spacial score (nSPS) is 16.6. The van der Waals surface area contributed by atoms with Crippen LogP contribution in [0.1, 0.15) is 58.3 Å². The molecule has 3 heteroatoms. The molecule has 0 unspecified atom stereocenters. The Labute approximate surface area is 104 Å². The second-order valence-corrected chi connectivity index (χ2v) is 5.80.